The summed E-state index contributed by atoms with van der Waals surface area (Å²) in [5, 5.41) is 7.88. The van der Waals surface area contributed by atoms with Crippen molar-refractivity contribution in [1.29, 1.82) is 0 Å². The smallest absolute Gasteiger partial charge is 0.180 e. The van der Waals surface area contributed by atoms with Gasteiger partial charge in [-0.15, -0.1) is 10.2 Å². The number of rotatable bonds is 4. The van der Waals surface area contributed by atoms with Crippen molar-refractivity contribution >= 4 is 0 Å². The van der Waals surface area contributed by atoms with Crippen LogP contribution < -0.4 is 5.84 Å². The van der Waals surface area contributed by atoms with E-state index in [9.17, 15) is 0 Å². The number of hydrogen-bond donors (Lipinski definition) is 1. The van der Waals surface area contributed by atoms with Crippen molar-refractivity contribution in [2.75, 3.05) is 20.1 Å². The molecule has 2 unspecified atom stereocenters. The fraction of sp³-hybridized carbons (Fsp3) is 0.750. The first-order valence-electron chi connectivity index (χ1n) is 4.37. The molecule has 0 amide bonds. The number of nitrogen functional groups attached to an aromatic ring is 1. The Balaban J connectivity index is 2.96. The van der Waals surface area contributed by atoms with Crippen molar-refractivity contribution in [1.82, 2.24) is 14.9 Å². The summed E-state index contributed by atoms with van der Waals surface area (Å²) in [6, 6.07) is 0. The van der Waals surface area contributed by atoms with Crippen LogP contribution in [0.15, 0.2) is 0 Å². The van der Waals surface area contributed by atoms with E-state index in [0.29, 0.717) is 11.6 Å². The number of aromatic nitrogens is 3. The van der Waals surface area contributed by atoms with Gasteiger partial charge in [0.05, 0.1) is 0 Å². The summed E-state index contributed by atoms with van der Waals surface area (Å²) < 4.78 is 11.6. The van der Waals surface area contributed by atoms with Crippen molar-refractivity contribution in [2.24, 2.45) is 0 Å². The molecule has 6 heteroatoms. The largest absolute Gasteiger partial charge is 0.374 e. The first-order chi connectivity index (χ1) is 6.61. The monoisotopic (exact) mass is 200 g/mol. The van der Waals surface area contributed by atoms with E-state index in [1.807, 2.05) is 13.8 Å². The van der Waals surface area contributed by atoms with Crippen LogP contribution in [0.25, 0.3) is 0 Å². The zero-order valence-corrected chi connectivity index (χ0v) is 8.89. The van der Waals surface area contributed by atoms with E-state index in [2.05, 4.69) is 10.2 Å². The Morgan fingerprint density at radius 1 is 1.07 bits per heavy atom. The molecule has 1 rings (SSSR count). The van der Waals surface area contributed by atoms with E-state index >= 15 is 0 Å². The number of hydrogen-bond acceptors (Lipinski definition) is 5. The molecular weight excluding hydrogens is 184 g/mol. The van der Waals surface area contributed by atoms with Gasteiger partial charge in [0, 0.05) is 14.2 Å². The van der Waals surface area contributed by atoms with Gasteiger partial charge in [-0.25, -0.2) is 4.68 Å². The van der Waals surface area contributed by atoms with Gasteiger partial charge in [0.1, 0.15) is 12.2 Å². The molecule has 0 aliphatic rings. The van der Waals surface area contributed by atoms with Crippen LogP contribution in [0.4, 0.5) is 0 Å². The van der Waals surface area contributed by atoms with Gasteiger partial charge in [-0.3, -0.25) is 0 Å². The second-order valence-corrected chi connectivity index (χ2v) is 3.04. The van der Waals surface area contributed by atoms with Crippen molar-refractivity contribution in [2.45, 2.75) is 26.1 Å². The Kier molecular flexibility index (Phi) is 3.43. The second kappa shape index (κ2) is 4.39. The second-order valence-electron chi connectivity index (χ2n) is 3.04. The molecule has 6 nitrogen and oxygen atoms in total. The van der Waals surface area contributed by atoms with Crippen molar-refractivity contribution in [3.05, 3.63) is 11.6 Å². The predicted octanol–water partition coefficient (Wildman–Crippen LogP) is 0.407. The van der Waals surface area contributed by atoms with Crippen LogP contribution in [0.3, 0.4) is 0 Å². The quantitative estimate of drug-likeness (QED) is 0.712. The molecule has 0 radical (unpaired) electrons. The summed E-state index contributed by atoms with van der Waals surface area (Å²) in [4.78, 5) is 0. The maximum absolute atomic E-state index is 5.79. The average Bonchev–Trinajstić information content (AvgIpc) is 2.58. The highest BCUT2D eigenvalue weighted by Crippen LogP contribution is 2.17. The van der Waals surface area contributed by atoms with Gasteiger partial charge in [-0.1, -0.05) is 0 Å². The first kappa shape index (κ1) is 10.9. The molecule has 0 saturated carbocycles. The minimum Gasteiger partial charge on any atom is -0.374 e. The summed E-state index contributed by atoms with van der Waals surface area (Å²) in [5.41, 5.74) is 0. The molecule has 0 spiro atoms. The molecule has 1 heterocycles. The molecule has 80 valence electrons. The van der Waals surface area contributed by atoms with Crippen LogP contribution in [0.2, 0.25) is 0 Å². The third-order valence-electron chi connectivity index (χ3n) is 2.18. The standard InChI is InChI=1S/C8H16N4O2/c1-5(13-3)7-10-11-8(12(7)9)6(2)14-4/h5-6H,9H2,1-4H3. The topological polar surface area (TPSA) is 75.2 Å². The highest BCUT2D eigenvalue weighted by Gasteiger charge is 2.19. The van der Waals surface area contributed by atoms with Crippen molar-refractivity contribution in [3.8, 4) is 0 Å². The van der Waals surface area contributed by atoms with Gasteiger partial charge in [-0.05, 0) is 13.8 Å². The molecule has 14 heavy (non-hydrogen) atoms. The van der Waals surface area contributed by atoms with Gasteiger partial charge < -0.3 is 15.3 Å². The Morgan fingerprint density at radius 2 is 1.43 bits per heavy atom. The molecule has 0 aliphatic heterocycles. The average molecular weight is 200 g/mol. The van der Waals surface area contributed by atoms with E-state index < -0.39 is 0 Å². The zero-order valence-electron chi connectivity index (χ0n) is 8.89. The molecule has 0 aromatic carbocycles. The summed E-state index contributed by atoms with van der Waals surface area (Å²) in [6.07, 6.45) is -0.351. The van der Waals surface area contributed by atoms with Gasteiger partial charge >= 0.3 is 0 Å². The molecule has 1 aromatic heterocycles. The third kappa shape index (κ3) is 1.85. The number of nitrogens with zero attached hydrogens (tertiary/aromatic N) is 3. The molecule has 0 bridgehead atoms. The normalized spacial score (nSPS) is 15.4. The molecule has 2 atom stereocenters. The van der Waals surface area contributed by atoms with Crippen molar-refractivity contribution in [3.63, 3.8) is 0 Å². The Morgan fingerprint density at radius 3 is 1.71 bits per heavy atom. The number of methoxy groups -OCH3 is 2. The lowest BCUT2D eigenvalue weighted by Crippen LogP contribution is -2.20. The van der Waals surface area contributed by atoms with Crippen LogP contribution in [-0.2, 0) is 9.47 Å². The fourth-order valence-corrected chi connectivity index (χ4v) is 1.08. The van der Waals surface area contributed by atoms with Crippen LogP contribution in [0.5, 0.6) is 0 Å². The zero-order chi connectivity index (χ0) is 10.7. The minimum absolute atomic E-state index is 0.176. The van der Waals surface area contributed by atoms with Crippen LogP contribution in [0.1, 0.15) is 37.7 Å². The summed E-state index contributed by atoms with van der Waals surface area (Å²) in [6.45, 7) is 3.71. The molecule has 0 aliphatic carbocycles. The molecule has 0 fully saturated rings. The van der Waals surface area contributed by atoms with Gasteiger partial charge in [-0.2, -0.15) is 0 Å². The van der Waals surface area contributed by atoms with E-state index in [1.54, 1.807) is 14.2 Å². The molecule has 0 saturated heterocycles. The third-order valence-corrected chi connectivity index (χ3v) is 2.18. The fourth-order valence-electron chi connectivity index (χ4n) is 1.08. The predicted molar refractivity (Wildman–Crippen MR) is 51.0 cm³/mol. The number of ether oxygens (including phenoxy) is 2. The summed E-state index contributed by atoms with van der Waals surface area (Å²) in [5.74, 6) is 6.97. The van der Waals surface area contributed by atoms with E-state index in [-0.39, 0.29) is 12.2 Å². The summed E-state index contributed by atoms with van der Waals surface area (Å²) >= 11 is 0. The van der Waals surface area contributed by atoms with Gasteiger partial charge in [0.2, 0.25) is 0 Å². The lowest BCUT2D eigenvalue weighted by Gasteiger charge is -2.11. The van der Waals surface area contributed by atoms with Crippen LogP contribution in [0, 0.1) is 0 Å². The van der Waals surface area contributed by atoms with E-state index in [1.165, 1.54) is 4.68 Å². The lowest BCUT2D eigenvalue weighted by molar-refractivity contribution is 0.102. The minimum atomic E-state index is -0.176. The maximum Gasteiger partial charge on any atom is 0.180 e. The Hall–Kier alpha value is -1.14. The van der Waals surface area contributed by atoms with Crippen LogP contribution >= 0.6 is 0 Å². The van der Waals surface area contributed by atoms with Gasteiger partial charge in [0.15, 0.2) is 11.6 Å². The Labute approximate surface area is 83.0 Å². The van der Waals surface area contributed by atoms with Crippen LogP contribution in [-0.4, -0.2) is 29.1 Å². The highest BCUT2D eigenvalue weighted by molar-refractivity contribution is 5.00. The van der Waals surface area contributed by atoms with Crippen molar-refractivity contribution < 1.29 is 9.47 Å². The lowest BCUT2D eigenvalue weighted by atomic mass is 10.3. The first-order valence-corrected chi connectivity index (χ1v) is 4.37. The van der Waals surface area contributed by atoms with Gasteiger partial charge in [0.25, 0.3) is 0 Å². The van der Waals surface area contributed by atoms with E-state index in [0.717, 1.165) is 0 Å². The Bertz CT molecular complexity index is 272. The molecule has 1 aromatic rings. The van der Waals surface area contributed by atoms with E-state index in [4.69, 9.17) is 15.3 Å². The summed E-state index contributed by atoms with van der Waals surface area (Å²) in [7, 11) is 3.19. The molecular formula is C8H16N4O2. The highest BCUT2D eigenvalue weighted by atomic mass is 16.5. The SMILES string of the molecule is COC(C)c1nnc(C(C)OC)n1N. The maximum atomic E-state index is 5.79. The molecule has 2 N–H and O–H groups in total. The number of nitrogens with two attached hydrogens (primary N) is 1.